The van der Waals surface area contributed by atoms with E-state index in [9.17, 15) is 19.2 Å². The summed E-state index contributed by atoms with van der Waals surface area (Å²) in [5.74, 6) is 0.327. The molecule has 0 radical (unpaired) electrons. The summed E-state index contributed by atoms with van der Waals surface area (Å²) in [6.45, 7) is 10.4. The maximum absolute atomic E-state index is 12.8. The maximum Gasteiger partial charge on any atom is 0.330 e. The van der Waals surface area contributed by atoms with E-state index in [2.05, 4.69) is 20.6 Å². The minimum absolute atomic E-state index is 0.117. The first-order valence-corrected chi connectivity index (χ1v) is 12.0. The van der Waals surface area contributed by atoms with Gasteiger partial charge in [0.25, 0.3) is 5.56 Å². The van der Waals surface area contributed by atoms with Crippen LogP contribution in [0, 0.1) is 12.8 Å². The molecule has 0 fully saturated rings. The average molecular weight is 483 g/mol. The van der Waals surface area contributed by atoms with Crippen LogP contribution < -0.4 is 21.9 Å². The molecule has 2 aromatic heterocycles. The van der Waals surface area contributed by atoms with Gasteiger partial charge in [-0.3, -0.25) is 23.9 Å². The fraction of sp³-hybridized carbons (Fsp3) is 0.480. The molecule has 0 bridgehead atoms. The Bertz CT molecular complexity index is 1350. The highest BCUT2D eigenvalue weighted by molar-refractivity contribution is 5.99. The number of aromatic nitrogens is 4. The number of hydrogen-bond donors (Lipinski definition) is 3. The number of aryl methyl sites for hydroxylation is 3. The van der Waals surface area contributed by atoms with Crippen molar-refractivity contribution < 1.29 is 9.59 Å². The van der Waals surface area contributed by atoms with Gasteiger partial charge in [-0.2, -0.15) is 0 Å². The van der Waals surface area contributed by atoms with Crippen LogP contribution in [0.4, 0.5) is 11.4 Å². The highest BCUT2D eigenvalue weighted by Gasteiger charge is 2.20. The number of carbonyl (C=O) groups excluding carboxylic acids is 2. The highest BCUT2D eigenvalue weighted by Crippen LogP contribution is 2.24. The topological polar surface area (TPSA) is 131 Å². The molecule has 3 rings (SSSR count). The van der Waals surface area contributed by atoms with Crippen LogP contribution in [-0.4, -0.2) is 30.9 Å². The molecule has 0 atom stereocenters. The quantitative estimate of drug-likeness (QED) is 0.408. The van der Waals surface area contributed by atoms with Crippen LogP contribution in [0.5, 0.6) is 0 Å². The van der Waals surface area contributed by atoms with E-state index in [0.29, 0.717) is 41.5 Å². The molecule has 0 aliphatic heterocycles. The lowest BCUT2D eigenvalue weighted by Crippen LogP contribution is -2.31. The van der Waals surface area contributed by atoms with Crippen molar-refractivity contribution in [3.63, 3.8) is 0 Å². The second-order valence-electron chi connectivity index (χ2n) is 9.25. The van der Waals surface area contributed by atoms with E-state index in [1.165, 1.54) is 11.5 Å². The van der Waals surface area contributed by atoms with Crippen molar-refractivity contribution in [3.05, 3.63) is 50.4 Å². The molecule has 2 amide bonds. The van der Waals surface area contributed by atoms with Crippen LogP contribution in [0.25, 0.3) is 11.2 Å². The van der Waals surface area contributed by atoms with E-state index >= 15 is 0 Å². The molecule has 10 heteroatoms. The molecular weight excluding hydrogens is 448 g/mol. The van der Waals surface area contributed by atoms with Gasteiger partial charge in [0.05, 0.1) is 11.4 Å². The summed E-state index contributed by atoms with van der Waals surface area (Å²) in [5.41, 5.74) is 1.75. The van der Waals surface area contributed by atoms with Gasteiger partial charge < -0.3 is 15.2 Å². The number of nitrogens with zero attached hydrogens (tertiary/aromatic N) is 3. The zero-order valence-electron chi connectivity index (χ0n) is 21.0. The van der Waals surface area contributed by atoms with Gasteiger partial charge in [-0.1, -0.05) is 33.3 Å². The number of carbonyl (C=O) groups is 2. The Hall–Kier alpha value is -3.69. The Morgan fingerprint density at radius 3 is 2.51 bits per heavy atom. The summed E-state index contributed by atoms with van der Waals surface area (Å²) in [6, 6.07) is 5.39. The molecule has 0 aliphatic rings. The molecule has 10 nitrogen and oxygen atoms in total. The Morgan fingerprint density at radius 2 is 1.86 bits per heavy atom. The van der Waals surface area contributed by atoms with E-state index in [-0.39, 0.29) is 30.6 Å². The Morgan fingerprint density at radius 1 is 1.11 bits per heavy atom. The number of fused-ring (bicyclic) bond motifs is 1. The third-order valence-corrected chi connectivity index (χ3v) is 5.58. The van der Waals surface area contributed by atoms with Crippen molar-refractivity contribution in [1.82, 2.24) is 19.1 Å². The number of aromatic amines is 1. The molecule has 188 valence electrons. The molecule has 0 saturated carbocycles. The predicted molar refractivity (Wildman–Crippen MR) is 137 cm³/mol. The number of hydrogen-bond acceptors (Lipinski definition) is 5. The van der Waals surface area contributed by atoms with E-state index in [1.54, 1.807) is 12.1 Å². The molecule has 3 N–H and O–H groups in total. The fourth-order valence-electron chi connectivity index (χ4n) is 3.99. The SMILES string of the molecule is CCCCn1c(=O)[nH]c(=O)c2c1nc(CCC(=O)Nc1cc(C)ccc1NC(C)=O)n2CC(C)C. The van der Waals surface area contributed by atoms with Crippen LogP contribution in [0.2, 0.25) is 0 Å². The summed E-state index contributed by atoms with van der Waals surface area (Å²) in [4.78, 5) is 56.6. The minimum Gasteiger partial charge on any atom is -0.325 e. The number of anilines is 2. The molecule has 0 spiro atoms. The average Bonchev–Trinajstić information content (AvgIpc) is 3.11. The summed E-state index contributed by atoms with van der Waals surface area (Å²) in [6.07, 6.45) is 2.08. The zero-order valence-corrected chi connectivity index (χ0v) is 21.0. The second kappa shape index (κ2) is 11.2. The first-order chi connectivity index (χ1) is 16.6. The van der Waals surface area contributed by atoms with Gasteiger partial charge in [-0.05, 0) is 37.0 Å². The lowest BCUT2D eigenvalue weighted by atomic mass is 10.1. The van der Waals surface area contributed by atoms with Crippen LogP contribution in [0.3, 0.4) is 0 Å². The first kappa shape index (κ1) is 25.9. The monoisotopic (exact) mass is 482 g/mol. The van der Waals surface area contributed by atoms with E-state index in [1.807, 2.05) is 38.3 Å². The fourth-order valence-corrected chi connectivity index (χ4v) is 3.99. The third kappa shape index (κ3) is 6.26. The van der Waals surface area contributed by atoms with Crippen molar-refractivity contribution in [2.45, 2.75) is 73.4 Å². The van der Waals surface area contributed by atoms with Crippen molar-refractivity contribution in [3.8, 4) is 0 Å². The van der Waals surface area contributed by atoms with Gasteiger partial charge in [-0.15, -0.1) is 0 Å². The van der Waals surface area contributed by atoms with E-state index < -0.39 is 11.2 Å². The smallest absolute Gasteiger partial charge is 0.325 e. The second-order valence-corrected chi connectivity index (χ2v) is 9.25. The summed E-state index contributed by atoms with van der Waals surface area (Å²) in [5, 5.41) is 5.59. The number of unbranched alkanes of at least 4 members (excludes halogenated alkanes) is 1. The maximum atomic E-state index is 12.8. The number of rotatable bonds is 10. The minimum atomic E-state index is -0.473. The highest BCUT2D eigenvalue weighted by atomic mass is 16.2. The van der Waals surface area contributed by atoms with Gasteiger partial charge in [-0.25, -0.2) is 9.78 Å². The molecule has 0 unspecified atom stereocenters. The molecule has 3 aromatic rings. The number of nitrogens with one attached hydrogen (secondary N) is 3. The summed E-state index contributed by atoms with van der Waals surface area (Å²) < 4.78 is 3.33. The van der Waals surface area contributed by atoms with Crippen molar-refractivity contribution in [1.29, 1.82) is 0 Å². The first-order valence-electron chi connectivity index (χ1n) is 12.0. The number of H-pyrrole nitrogens is 1. The molecule has 2 heterocycles. The Labute approximate surface area is 203 Å². The molecular formula is C25H34N6O4. The number of imidazole rings is 1. The molecule has 0 aliphatic carbocycles. The molecule has 0 saturated heterocycles. The number of amides is 2. The van der Waals surface area contributed by atoms with Gasteiger partial charge in [0.2, 0.25) is 11.8 Å². The zero-order chi connectivity index (χ0) is 25.7. The molecule has 1 aromatic carbocycles. The van der Waals surface area contributed by atoms with Gasteiger partial charge >= 0.3 is 5.69 Å². The van der Waals surface area contributed by atoms with Crippen molar-refractivity contribution in [2.24, 2.45) is 5.92 Å². The number of benzene rings is 1. The van der Waals surface area contributed by atoms with Gasteiger partial charge in [0.15, 0.2) is 11.2 Å². The third-order valence-electron chi connectivity index (χ3n) is 5.58. The van der Waals surface area contributed by atoms with Crippen LogP contribution in [0.15, 0.2) is 27.8 Å². The Balaban J connectivity index is 1.91. The van der Waals surface area contributed by atoms with Gasteiger partial charge in [0.1, 0.15) is 5.82 Å². The largest absolute Gasteiger partial charge is 0.330 e. The van der Waals surface area contributed by atoms with Crippen LogP contribution in [-0.2, 0) is 29.1 Å². The predicted octanol–water partition coefficient (Wildman–Crippen LogP) is 3.18. The summed E-state index contributed by atoms with van der Waals surface area (Å²) >= 11 is 0. The van der Waals surface area contributed by atoms with Gasteiger partial charge in [0, 0.05) is 32.9 Å². The lowest BCUT2D eigenvalue weighted by Gasteiger charge is -2.13. The van der Waals surface area contributed by atoms with Crippen LogP contribution >= 0.6 is 0 Å². The van der Waals surface area contributed by atoms with Crippen molar-refractivity contribution >= 4 is 34.4 Å². The lowest BCUT2D eigenvalue weighted by molar-refractivity contribution is -0.116. The molecule has 35 heavy (non-hydrogen) atoms. The van der Waals surface area contributed by atoms with E-state index in [4.69, 9.17) is 0 Å². The van der Waals surface area contributed by atoms with E-state index in [0.717, 1.165) is 18.4 Å². The van der Waals surface area contributed by atoms with Crippen molar-refractivity contribution in [2.75, 3.05) is 10.6 Å². The normalized spacial score (nSPS) is 11.3. The van der Waals surface area contributed by atoms with Crippen LogP contribution in [0.1, 0.15) is 58.3 Å². The summed E-state index contributed by atoms with van der Waals surface area (Å²) in [7, 11) is 0. The Kier molecular flexibility index (Phi) is 8.26. The standard InChI is InChI=1S/C25H34N6O4/c1-6-7-12-30-23-22(24(34)29-25(30)35)31(14-15(2)3)20(28-23)10-11-21(33)27-19-13-16(4)8-9-18(19)26-17(5)32/h8-9,13,15H,6-7,10-12,14H2,1-5H3,(H,26,32)(H,27,33)(H,29,34,35).